The minimum Gasteiger partial charge on any atom is -0.479 e. The Balaban J connectivity index is 4.16. The first kappa shape index (κ1) is 14.7. The van der Waals surface area contributed by atoms with Crippen molar-refractivity contribution in [3.63, 3.8) is 0 Å². The molecule has 2 amide bonds. The van der Waals surface area contributed by atoms with E-state index in [9.17, 15) is 9.59 Å². The number of aliphatic hydroxyl groups is 1. The van der Waals surface area contributed by atoms with E-state index < -0.39 is 12.1 Å². The number of carbonyl (C=O) groups excluding carboxylic acids is 1. The molecule has 0 aromatic heterocycles. The Bertz CT molecular complexity index is 243. The molecular formula is C10H20N2O4. The Hall–Kier alpha value is -1.30. The van der Waals surface area contributed by atoms with Crippen LogP contribution in [0.15, 0.2) is 0 Å². The first-order valence-corrected chi connectivity index (χ1v) is 5.35. The molecule has 0 aromatic carbocycles. The average molecular weight is 232 g/mol. The molecule has 0 unspecified atom stereocenters. The summed E-state index contributed by atoms with van der Waals surface area (Å²) in [6.45, 7) is 6.04. The molecule has 0 fully saturated rings. The van der Waals surface area contributed by atoms with E-state index in [2.05, 4.69) is 5.32 Å². The van der Waals surface area contributed by atoms with Gasteiger partial charge in [-0.15, -0.1) is 0 Å². The van der Waals surface area contributed by atoms with Crippen LogP contribution in [0.4, 0.5) is 4.79 Å². The number of amides is 2. The summed E-state index contributed by atoms with van der Waals surface area (Å²) in [5.41, 5.74) is 0. The maximum atomic E-state index is 11.6. The number of nitrogens with one attached hydrogen (secondary N) is 1. The van der Waals surface area contributed by atoms with Gasteiger partial charge in [0, 0.05) is 12.6 Å². The SMILES string of the molecule is CCCN(C(=O)NC[C@H](O)C(=O)O)C(C)C. The molecule has 0 heterocycles. The van der Waals surface area contributed by atoms with Gasteiger partial charge in [-0.2, -0.15) is 0 Å². The lowest BCUT2D eigenvalue weighted by Crippen LogP contribution is -2.47. The highest BCUT2D eigenvalue weighted by atomic mass is 16.4. The Morgan fingerprint density at radius 3 is 2.31 bits per heavy atom. The first-order chi connectivity index (χ1) is 7.40. The second-order valence-corrected chi connectivity index (χ2v) is 3.83. The summed E-state index contributed by atoms with van der Waals surface area (Å²) >= 11 is 0. The van der Waals surface area contributed by atoms with Gasteiger partial charge in [-0.1, -0.05) is 6.92 Å². The van der Waals surface area contributed by atoms with Gasteiger partial charge in [-0.3, -0.25) is 0 Å². The molecule has 6 heteroatoms. The molecule has 0 aliphatic carbocycles. The average Bonchev–Trinajstić information content (AvgIpc) is 2.21. The summed E-state index contributed by atoms with van der Waals surface area (Å²) in [6.07, 6.45) is -0.729. The number of aliphatic hydroxyl groups excluding tert-OH is 1. The second-order valence-electron chi connectivity index (χ2n) is 3.83. The molecular weight excluding hydrogens is 212 g/mol. The third kappa shape index (κ3) is 4.97. The molecule has 0 aromatic rings. The number of carbonyl (C=O) groups is 2. The van der Waals surface area contributed by atoms with E-state index in [0.717, 1.165) is 6.42 Å². The van der Waals surface area contributed by atoms with Crippen molar-refractivity contribution in [2.45, 2.75) is 39.3 Å². The van der Waals surface area contributed by atoms with Crippen molar-refractivity contribution in [3.05, 3.63) is 0 Å². The van der Waals surface area contributed by atoms with E-state index in [1.807, 2.05) is 20.8 Å². The number of hydrogen-bond donors (Lipinski definition) is 3. The third-order valence-corrected chi connectivity index (χ3v) is 2.08. The minimum atomic E-state index is -1.56. The molecule has 1 atom stereocenters. The smallest absolute Gasteiger partial charge is 0.334 e. The summed E-state index contributed by atoms with van der Waals surface area (Å²) in [5.74, 6) is -1.34. The van der Waals surface area contributed by atoms with Crippen molar-refractivity contribution in [1.29, 1.82) is 0 Å². The lowest BCUT2D eigenvalue weighted by atomic mass is 10.3. The summed E-state index contributed by atoms with van der Waals surface area (Å²) in [5, 5.41) is 19.8. The van der Waals surface area contributed by atoms with Gasteiger partial charge < -0.3 is 20.4 Å². The molecule has 0 radical (unpaired) electrons. The lowest BCUT2D eigenvalue weighted by molar-refractivity contribution is -0.146. The quantitative estimate of drug-likeness (QED) is 0.613. The zero-order chi connectivity index (χ0) is 12.7. The highest BCUT2D eigenvalue weighted by Crippen LogP contribution is 2.00. The van der Waals surface area contributed by atoms with E-state index in [-0.39, 0.29) is 18.6 Å². The van der Waals surface area contributed by atoms with Crippen molar-refractivity contribution < 1.29 is 19.8 Å². The fraction of sp³-hybridized carbons (Fsp3) is 0.800. The summed E-state index contributed by atoms with van der Waals surface area (Å²) < 4.78 is 0. The Morgan fingerprint density at radius 2 is 1.94 bits per heavy atom. The monoisotopic (exact) mass is 232 g/mol. The maximum absolute atomic E-state index is 11.6. The van der Waals surface area contributed by atoms with E-state index in [1.165, 1.54) is 0 Å². The van der Waals surface area contributed by atoms with Gasteiger partial charge in [0.1, 0.15) is 0 Å². The maximum Gasteiger partial charge on any atom is 0.334 e. The van der Waals surface area contributed by atoms with Gasteiger partial charge in [-0.05, 0) is 20.3 Å². The normalized spacial score (nSPS) is 12.3. The van der Waals surface area contributed by atoms with Crippen LogP contribution in [-0.2, 0) is 4.79 Å². The standard InChI is InChI=1S/C10H20N2O4/c1-4-5-12(7(2)3)10(16)11-6-8(13)9(14)15/h7-8,13H,4-6H2,1-3H3,(H,11,16)(H,14,15)/t8-/m0/s1. The minimum absolute atomic E-state index is 0.0434. The molecule has 94 valence electrons. The molecule has 0 saturated heterocycles. The number of carboxylic acids is 1. The van der Waals surface area contributed by atoms with Crippen molar-refractivity contribution in [3.8, 4) is 0 Å². The van der Waals surface area contributed by atoms with E-state index in [4.69, 9.17) is 10.2 Å². The van der Waals surface area contributed by atoms with Crippen LogP contribution < -0.4 is 5.32 Å². The van der Waals surface area contributed by atoms with Gasteiger partial charge in [0.25, 0.3) is 0 Å². The fourth-order valence-electron chi connectivity index (χ4n) is 1.21. The number of rotatable bonds is 6. The van der Waals surface area contributed by atoms with Crippen LogP contribution >= 0.6 is 0 Å². The van der Waals surface area contributed by atoms with Crippen LogP contribution in [0, 0.1) is 0 Å². The second kappa shape index (κ2) is 7.05. The van der Waals surface area contributed by atoms with Crippen LogP contribution in [0.25, 0.3) is 0 Å². The van der Waals surface area contributed by atoms with E-state index >= 15 is 0 Å². The first-order valence-electron chi connectivity index (χ1n) is 5.35. The van der Waals surface area contributed by atoms with Crippen LogP contribution in [0.5, 0.6) is 0 Å². The Labute approximate surface area is 95.2 Å². The van der Waals surface area contributed by atoms with Crippen LogP contribution in [0.3, 0.4) is 0 Å². The van der Waals surface area contributed by atoms with Gasteiger partial charge in [0.05, 0.1) is 6.54 Å². The third-order valence-electron chi connectivity index (χ3n) is 2.08. The molecule has 0 aliphatic rings. The van der Waals surface area contributed by atoms with E-state index in [1.54, 1.807) is 4.90 Å². The number of carboxylic acid groups (broad SMARTS) is 1. The van der Waals surface area contributed by atoms with Crippen molar-refractivity contribution in [1.82, 2.24) is 10.2 Å². The molecule has 0 spiro atoms. The summed E-state index contributed by atoms with van der Waals surface area (Å²) in [4.78, 5) is 23.5. The molecule has 0 bridgehead atoms. The number of hydrogen-bond acceptors (Lipinski definition) is 3. The van der Waals surface area contributed by atoms with Gasteiger partial charge in [0.2, 0.25) is 0 Å². The fourth-order valence-corrected chi connectivity index (χ4v) is 1.21. The van der Waals surface area contributed by atoms with Gasteiger partial charge >= 0.3 is 12.0 Å². The number of aliphatic carboxylic acids is 1. The van der Waals surface area contributed by atoms with Crippen molar-refractivity contribution in [2.24, 2.45) is 0 Å². The Kier molecular flexibility index (Phi) is 6.48. The van der Waals surface area contributed by atoms with Crippen LogP contribution in [0.1, 0.15) is 27.2 Å². The highest BCUT2D eigenvalue weighted by molar-refractivity contribution is 5.77. The predicted molar refractivity (Wildman–Crippen MR) is 59.2 cm³/mol. The van der Waals surface area contributed by atoms with E-state index in [0.29, 0.717) is 6.54 Å². The van der Waals surface area contributed by atoms with Crippen molar-refractivity contribution in [2.75, 3.05) is 13.1 Å². The molecule has 16 heavy (non-hydrogen) atoms. The zero-order valence-electron chi connectivity index (χ0n) is 9.93. The molecule has 0 saturated carbocycles. The Morgan fingerprint density at radius 1 is 1.38 bits per heavy atom. The molecule has 0 rings (SSSR count). The van der Waals surface area contributed by atoms with Crippen LogP contribution in [0.2, 0.25) is 0 Å². The number of urea groups is 1. The molecule has 3 N–H and O–H groups in total. The van der Waals surface area contributed by atoms with Gasteiger partial charge in [0.15, 0.2) is 6.10 Å². The highest BCUT2D eigenvalue weighted by Gasteiger charge is 2.18. The largest absolute Gasteiger partial charge is 0.479 e. The lowest BCUT2D eigenvalue weighted by Gasteiger charge is -2.26. The topological polar surface area (TPSA) is 89.9 Å². The molecule has 6 nitrogen and oxygen atoms in total. The van der Waals surface area contributed by atoms with Crippen molar-refractivity contribution >= 4 is 12.0 Å². The van der Waals surface area contributed by atoms with Gasteiger partial charge in [-0.25, -0.2) is 9.59 Å². The van der Waals surface area contributed by atoms with Crippen LogP contribution in [-0.4, -0.2) is 52.3 Å². The number of nitrogens with zero attached hydrogens (tertiary/aromatic N) is 1. The summed E-state index contributed by atoms with van der Waals surface area (Å²) in [6, 6.07) is -0.306. The molecule has 0 aliphatic heterocycles. The predicted octanol–water partition coefficient (Wildman–Crippen LogP) is 0.262. The zero-order valence-corrected chi connectivity index (χ0v) is 9.93. The summed E-state index contributed by atoms with van der Waals surface area (Å²) in [7, 11) is 0.